The topological polar surface area (TPSA) is 20.3 Å². The van der Waals surface area contributed by atoms with E-state index in [-0.39, 0.29) is 5.91 Å². The summed E-state index contributed by atoms with van der Waals surface area (Å²) in [5.74, 6) is -0.118. The first-order valence-electron chi connectivity index (χ1n) is 7.31. The Morgan fingerprint density at radius 3 is 2.62 bits per heavy atom. The molecular formula is C19H14ClNOS2. The number of thioether (sulfide) groups is 1. The quantitative estimate of drug-likeness (QED) is 0.510. The molecule has 0 N–H and O–H groups in total. The predicted octanol–water partition coefficient (Wildman–Crippen LogP) is 5.69. The average molecular weight is 372 g/mol. The van der Waals surface area contributed by atoms with Gasteiger partial charge in [0.1, 0.15) is 0 Å². The van der Waals surface area contributed by atoms with Crippen molar-refractivity contribution in [1.82, 2.24) is 0 Å². The predicted molar refractivity (Wildman–Crippen MR) is 107 cm³/mol. The smallest absolute Gasteiger partial charge is 0.268 e. The van der Waals surface area contributed by atoms with E-state index in [1.807, 2.05) is 55.5 Å². The van der Waals surface area contributed by atoms with Crippen LogP contribution in [0.2, 0.25) is 5.02 Å². The Kier molecular flexibility index (Phi) is 5.19. The lowest BCUT2D eigenvalue weighted by Crippen LogP contribution is -2.27. The van der Waals surface area contributed by atoms with Gasteiger partial charge in [-0.05, 0) is 42.3 Å². The van der Waals surface area contributed by atoms with Gasteiger partial charge in [-0.2, -0.15) is 0 Å². The van der Waals surface area contributed by atoms with Crippen molar-refractivity contribution in [2.75, 3.05) is 4.90 Å². The van der Waals surface area contributed by atoms with Crippen molar-refractivity contribution in [2.45, 2.75) is 6.92 Å². The summed E-state index contributed by atoms with van der Waals surface area (Å²) in [5, 5.41) is 0.575. The summed E-state index contributed by atoms with van der Waals surface area (Å²) in [6.07, 6.45) is 3.91. The van der Waals surface area contributed by atoms with Gasteiger partial charge in [0, 0.05) is 5.02 Å². The van der Waals surface area contributed by atoms with E-state index in [1.54, 1.807) is 18.2 Å². The molecule has 1 saturated heterocycles. The molecule has 24 heavy (non-hydrogen) atoms. The van der Waals surface area contributed by atoms with Gasteiger partial charge in [-0.1, -0.05) is 78.1 Å². The Morgan fingerprint density at radius 1 is 1.17 bits per heavy atom. The van der Waals surface area contributed by atoms with Crippen LogP contribution < -0.4 is 4.90 Å². The maximum Gasteiger partial charge on any atom is 0.270 e. The average Bonchev–Trinajstić information content (AvgIpc) is 2.82. The molecule has 0 aliphatic carbocycles. The van der Waals surface area contributed by atoms with E-state index in [1.165, 1.54) is 16.7 Å². The monoisotopic (exact) mass is 371 g/mol. The molecule has 5 heteroatoms. The fourth-order valence-electron chi connectivity index (χ4n) is 2.37. The summed E-state index contributed by atoms with van der Waals surface area (Å²) in [7, 11) is 0. The molecule has 1 fully saturated rings. The first kappa shape index (κ1) is 17.0. The van der Waals surface area contributed by atoms with Crippen molar-refractivity contribution in [1.29, 1.82) is 0 Å². The number of benzene rings is 2. The summed E-state index contributed by atoms with van der Waals surface area (Å²) >= 11 is 12.7. The Hall–Kier alpha value is -1.88. The van der Waals surface area contributed by atoms with Crippen LogP contribution >= 0.6 is 35.6 Å². The van der Waals surface area contributed by atoms with Crippen LogP contribution in [0.3, 0.4) is 0 Å². The zero-order valence-corrected chi connectivity index (χ0v) is 15.3. The lowest BCUT2D eigenvalue weighted by Gasteiger charge is -2.14. The van der Waals surface area contributed by atoms with Crippen molar-refractivity contribution >= 4 is 57.6 Å². The molecule has 0 radical (unpaired) electrons. The lowest BCUT2D eigenvalue weighted by atomic mass is 10.1. The van der Waals surface area contributed by atoms with Crippen LogP contribution in [0.4, 0.5) is 5.69 Å². The van der Waals surface area contributed by atoms with Crippen LogP contribution in [-0.4, -0.2) is 10.2 Å². The molecule has 1 heterocycles. The number of rotatable bonds is 3. The van der Waals surface area contributed by atoms with Gasteiger partial charge in [0.15, 0.2) is 4.32 Å². The number of carbonyl (C=O) groups excluding carboxylic acids is 1. The molecule has 120 valence electrons. The largest absolute Gasteiger partial charge is 0.270 e. The highest BCUT2D eigenvalue weighted by Gasteiger charge is 2.33. The Morgan fingerprint density at radius 2 is 1.92 bits per heavy atom. The van der Waals surface area contributed by atoms with E-state index in [0.717, 1.165) is 11.1 Å². The Bertz CT molecular complexity index is 859. The van der Waals surface area contributed by atoms with Gasteiger partial charge in [-0.15, -0.1) is 0 Å². The minimum absolute atomic E-state index is 0.118. The molecule has 1 amide bonds. The number of nitrogens with zero attached hydrogens (tertiary/aromatic N) is 1. The Balaban J connectivity index is 1.87. The molecule has 2 aromatic carbocycles. The molecule has 0 unspecified atom stereocenters. The fraction of sp³-hybridized carbons (Fsp3) is 0.0526. The minimum Gasteiger partial charge on any atom is -0.268 e. The first-order valence-corrected chi connectivity index (χ1v) is 8.92. The molecule has 0 saturated carbocycles. The maximum atomic E-state index is 12.7. The van der Waals surface area contributed by atoms with Gasteiger partial charge in [0.05, 0.1) is 10.6 Å². The second kappa shape index (κ2) is 7.34. The zero-order valence-electron chi connectivity index (χ0n) is 12.9. The van der Waals surface area contributed by atoms with Gasteiger partial charge in [0.25, 0.3) is 5.91 Å². The second-order valence-corrected chi connectivity index (χ2v) is 7.41. The third-order valence-electron chi connectivity index (χ3n) is 3.41. The van der Waals surface area contributed by atoms with Crippen LogP contribution in [0.15, 0.2) is 71.2 Å². The van der Waals surface area contributed by atoms with E-state index >= 15 is 0 Å². The number of allylic oxidation sites excluding steroid dienone is 2. The molecule has 3 rings (SSSR count). The normalized spacial score (nSPS) is 17.0. The third-order valence-corrected chi connectivity index (χ3v) is 4.95. The summed E-state index contributed by atoms with van der Waals surface area (Å²) in [6.45, 7) is 1.97. The first-order chi connectivity index (χ1) is 11.5. The van der Waals surface area contributed by atoms with E-state index in [9.17, 15) is 4.79 Å². The summed E-state index contributed by atoms with van der Waals surface area (Å²) in [4.78, 5) is 14.8. The van der Waals surface area contributed by atoms with E-state index in [2.05, 4.69) is 0 Å². The van der Waals surface area contributed by atoms with Crippen molar-refractivity contribution < 1.29 is 4.79 Å². The van der Waals surface area contributed by atoms with Crippen LogP contribution in [0.5, 0.6) is 0 Å². The SMILES string of the molecule is CC(=Cc1ccccc1)/C=C1/SC(=S)N(c2cccc(Cl)c2)C1=O. The second-order valence-electron chi connectivity index (χ2n) is 5.30. The van der Waals surface area contributed by atoms with Gasteiger partial charge >= 0.3 is 0 Å². The fourth-order valence-corrected chi connectivity index (χ4v) is 3.90. The van der Waals surface area contributed by atoms with Crippen molar-refractivity contribution in [3.05, 3.63) is 81.7 Å². The molecule has 2 aromatic rings. The highest BCUT2D eigenvalue weighted by atomic mass is 35.5. The summed E-state index contributed by atoms with van der Waals surface area (Å²) < 4.78 is 0.515. The van der Waals surface area contributed by atoms with Crippen LogP contribution in [0.1, 0.15) is 12.5 Å². The van der Waals surface area contributed by atoms with E-state index < -0.39 is 0 Å². The molecule has 0 bridgehead atoms. The van der Waals surface area contributed by atoms with Gasteiger partial charge in [-0.25, -0.2) is 0 Å². The van der Waals surface area contributed by atoms with Crippen LogP contribution in [0, 0.1) is 0 Å². The zero-order chi connectivity index (χ0) is 17.1. The number of anilines is 1. The Labute approximate surface area is 155 Å². The number of thiocarbonyl (C=S) groups is 1. The molecule has 0 atom stereocenters. The number of halogens is 1. The van der Waals surface area contributed by atoms with Gasteiger partial charge in [0.2, 0.25) is 0 Å². The molecular weight excluding hydrogens is 358 g/mol. The number of carbonyl (C=O) groups is 1. The molecule has 0 aromatic heterocycles. The van der Waals surface area contributed by atoms with Crippen molar-refractivity contribution in [3.63, 3.8) is 0 Å². The van der Waals surface area contributed by atoms with Crippen LogP contribution in [0.25, 0.3) is 6.08 Å². The maximum absolute atomic E-state index is 12.7. The number of amides is 1. The highest BCUT2D eigenvalue weighted by Crippen LogP contribution is 2.36. The molecule has 2 nitrogen and oxygen atoms in total. The van der Waals surface area contributed by atoms with Gasteiger partial charge < -0.3 is 0 Å². The summed E-state index contributed by atoms with van der Waals surface area (Å²) in [6, 6.07) is 17.1. The van der Waals surface area contributed by atoms with Crippen molar-refractivity contribution in [3.8, 4) is 0 Å². The lowest BCUT2D eigenvalue weighted by molar-refractivity contribution is -0.113. The summed E-state index contributed by atoms with van der Waals surface area (Å²) in [5.41, 5.74) is 2.78. The number of hydrogen-bond acceptors (Lipinski definition) is 3. The van der Waals surface area contributed by atoms with Gasteiger partial charge in [-0.3, -0.25) is 9.69 Å². The van der Waals surface area contributed by atoms with E-state index in [0.29, 0.717) is 19.9 Å². The minimum atomic E-state index is -0.118. The van der Waals surface area contributed by atoms with Crippen molar-refractivity contribution in [2.24, 2.45) is 0 Å². The van der Waals surface area contributed by atoms with E-state index in [4.69, 9.17) is 23.8 Å². The highest BCUT2D eigenvalue weighted by molar-refractivity contribution is 8.27. The molecule has 0 spiro atoms. The molecule has 1 aliphatic heterocycles. The third kappa shape index (κ3) is 3.78. The molecule has 1 aliphatic rings. The van der Waals surface area contributed by atoms with Crippen LogP contribution in [-0.2, 0) is 4.79 Å². The number of hydrogen-bond donors (Lipinski definition) is 0. The standard InChI is InChI=1S/C19H14ClNOS2/c1-13(10-14-6-3-2-4-7-14)11-17-18(22)21(19(23)24-17)16-9-5-8-15(20)12-16/h2-12H,1H3/b13-10?,17-11+.